The topological polar surface area (TPSA) is 87.8 Å². The molecule has 1 aromatic heterocycles. The molecule has 0 unspecified atom stereocenters. The van der Waals surface area contributed by atoms with Gasteiger partial charge in [0.25, 0.3) is 0 Å². The number of likely N-dealkylation sites (tertiary alicyclic amines) is 1. The summed E-state index contributed by atoms with van der Waals surface area (Å²) in [6, 6.07) is 2.42. The van der Waals surface area contributed by atoms with E-state index in [9.17, 15) is 14.4 Å². The number of nitrogens with zero attached hydrogens (tertiary/aromatic N) is 1. The smallest absolute Gasteiger partial charge is 0.305 e. The van der Waals surface area contributed by atoms with E-state index in [1.165, 1.54) is 11.2 Å². The molecule has 22 heavy (non-hydrogen) atoms. The SMILES string of the molecule is O=C(O)C[C@@H](c1ccco1)N1C(=O)[C@H]2[C@H]3CC[C@@H](C3)[C@@H]2C1=O. The largest absolute Gasteiger partial charge is 0.481 e. The first-order chi connectivity index (χ1) is 10.6. The van der Waals surface area contributed by atoms with Crippen LogP contribution in [0, 0.1) is 23.7 Å². The molecule has 1 N–H and O–H groups in total. The zero-order chi connectivity index (χ0) is 15.4. The number of fused-ring (bicyclic) bond motifs is 5. The molecule has 6 heteroatoms. The van der Waals surface area contributed by atoms with Crippen LogP contribution < -0.4 is 0 Å². The van der Waals surface area contributed by atoms with Gasteiger partial charge in [-0.3, -0.25) is 19.3 Å². The third kappa shape index (κ3) is 1.76. The van der Waals surface area contributed by atoms with E-state index < -0.39 is 12.0 Å². The van der Waals surface area contributed by atoms with E-state index in [0.717, 1.165) is 19.3 Å². The number of carbonyl (C=O) groups excluding carboxylic acids is 2. The van der Waals surface area contributed by atoms with Crippen LogP contribution >= 0.6 is 0 Å². The van der Waals surface area contributed by atoms with Crippen molar-refractivity contribution in [3.05, 3.63) is 24.2 Å². The van der Waals surface area contributed by atoms with Gasteiger partial charge in [-0.15, -0.1) is 0 Å². The highest BCUT2D eigenvalue weighted by Gasteiger charge is 2.62. The van der Waals surface area contributed by atoms with E-state index in [4.69, 9.17) is 9.52 Å². The molecule has 2 amide bonds. The Bertz CT molecular complexity index is 609. The summed E-state index contributed by atoms with van der Waals surface area (Å²) in [6.45, 7) is 0. The lowest BCUT2D eigenvalue weighted by molar-refractivity contribution is -0.147. The molecule has 4 rings (SSSR count). The summed E-state index contributed by atoms with van der Waals surface area (Å²) in [7, 11) is 0. The Morgan fingerprint density at radius 2 is 1.91 bits per heavy atom. The number of rotatable bonds is 4. The summed E-state index contributed by atoms with van der Waals surface area (Å²) in [5.74, 6) is -1.000. The summed E-state index contributed by atoms with van der Waals surface area (Å²) in [5, 5.41) is 9.14. The second kappa shape index (κ2) is 4.69. The summed E-state index contributed by atoms with van der Waals surface area (Å²) in [4.78, 5) is 37.9. The summed E-state index contributed by atoms with van der Waals surface area (Å²) in [5.41, 5.74) is 0. The van der Waals surface area contributed by atoms with Crippen LogP contribution in [0.4, 0.5) is 0 Å². The van der Waals surface area contributed by atoms with Gasteiger partial charge in [-0.1, -0.05) is 0 Å². The van der Waals surface area contributed by atoms with E-state index in [2.05, 4.69) is 0 Å². The molecule has 6 nitrogen and oxygen atoms in total. The minimum Gasteiger partial charge on any atom is -0.481 e. The van der Waals surface area contributed by atoms with Crippen LogP contribution in [0.1, 0.15) is 37.5 Å². The summed E-state index contributed by atoms with van der Waals surface area (Å²) in [6.07, 6.45) is 4.08. The second-order valence-electron chi connectivity index (χ2n) is 6.56. The highest BCUT2D eigenvalue weighted by molar-refractivity contribution is 6.06. The standard InChI is InChI=1S/C16H17NO5/c18-12(19)7-10(11-2-1-5-22-11)17-15(20)13-8-3-4-9(6-8)14(13)16(17)21/h1-2,5,8-10,13-14H,3-4,6-7H2,(H,18,19)/t8-,9-,10-,13-,14-/m0/s1. The van der Waals surface area contributed by atoms with Crippen molar-refractivity contribution in [1.82, 2.24) is 4.90 Å². The Morgan fingerprint density at radius 3 is 2.41 bits per heavy atom. The van der Waals surface area contributed by atoms with E-state index in [-0.39, 0.29) is 30.1 Å². The molecule has 5 atom stereocenters. The average Bonchev–Trinajstić information content (AvgIpc) is 3.22. The number of carbonyl (C=O) groups is 3. The number of carboxylic acids is 1. The zero-order valence-electron chi connectivity index (χ0n) is 12.0. The first-order valence-electron chi connectivity index (χ1n) is 7.70. The monoisotopic (exact) mass is 303 g/mol. The van der Waals surface area contributed by atoms with Crippen molar-refractivity contribution < 1.29 is 23.9 Å². The van der Waals surface area contributed by atoms with Gasteiger partial charge in [-0.05, 0) is 43.2 Å². The van der Waals surface area contributed by atoms with E-state index >= 15 is 0 Å². The second-order valence-corrected chi connectivity index (χ2v) is 6.56. The number of furan rings is 1. The maximum atomic E-state index is 12.8. The van der Waals surface area contributed by atoms with E-state index in [0.29, 0.717) is 17.6 Å². The Kier molecular flexibility index (Phi) is 2.89. The minimum atomic E-state index is -1.05. The van der Waals surface area contributed by atoms with Crippen LogP contribution in [0.3, 0.4) is 0 Å². The van der Waals surface area contributed by atoms with Gasteiger partial charge in [0, 0.05) is 0 Å². The molecule has 1 aliphatic heterocycles. The van der Waals surface area contributed by atoms with Crippen LogP contribution in [0.5, 0.6) is 0 Å². The van der Waals surface area contributed by atoms with Crippen molar-refractivity contribution in [2.75, 3.05) is 0 Å². The molecule has 116 valence electrons. The fourth-order valence-corrected chi connectivity index (χ4v) is 4.70. The van der Waals surface area contributed by atoms with Crippen LogP contribution in [0.2, 0.25) is 0 Å². The van der Waals surface area contributed by atoms with Gasteiger partial charge >= 0.3 is 5.97 Å². The molecule has 3 fully saturated rings. The van der Waals surface area contributed by atoms with Crippen LogP contribution in [-0.4, -0.2) is 27.8 Å². The quantitative estimate of drug-likeness (QED) is 0.857. The first kappa shape index (κ1) is 13.5. The molecule has 2 bridgehead atoms. The third-order valence-corrected chi connectivity index (χ3v) is 5.51. The van der Waals surface area contributed by atoms with Gasteiger partial charge in [0.1, 0.15) is 11.8 Å². The maximum absolute atomic E-state index is 12.8. The fraction of sp³-hybridized carbons (Fsp3) is 0.562. The van der Waals surface area contributed by atoms with Gasteiger partial charge in [0.05, 0.1) is 24.5 Å². The van der Waals surface area contributed by atoms with Crippen molar-refractivity contribution in [1.29, 1.82) is 0 Å². The van der Waals surface area contributed by atoms with Crippen molar-refractivity contribution >= 4 is 17.8 Å². The predicted molar refractivity (Wildman–Crippen MR) is 73.4 cm³/mol. The van der Waals surface area contributed by atoms with Crippen molar-refractivity contribution in [2.45, 2.75) is 31.7 Å². The van der Waals surface area contributed by atoms with Crippen LogP contribution in [0.25, 0.3) is 0 Å². The lowest BCUT2D eigenvalue weighted by atomic mass is 9.81. The molecule has 1 aromatic rings. The van der Waals surface area contributed by atoms with Crippen LogP contribution in [-0.2, 0) is 14.4 Å². The van der Waals surface area contributed by atoms with Crippen molar-refractivity contribution in [2.24, 2.45) is 23.7 Å². The van der Waals surface area contributed by atoms with Crippen molar-refractivity contribution in [3.8, 4) is 0 Å². The van der Waals surface area contributed by atoms with Gasteiger partial charge < -0.3 is 9.52 Å². The molecule has 3 aliphatic rings. The Hall–Kier alpha value is -2.11. The molecule has 2 saturated carbocycles. The molecule has 2 heterocycles. The Morgan fingerprint density at radius 1 is 1.27 bits per heavy atom. The number of hydrogen-bond acceptors (Lipinski definition) is 4. The molecular formula is C16H17NO5. The fourth-order valence-electron chi connectivity index (χ4n) is 4.70. The maximum Gasteiger partial charge on any atom is 0.305 e. The first-order valence-corrected chi connectivity index (χ1v) is 7.70. The predicted octanol–water partition coefficient (Wildman–Crippen LogP) is 1.83. The minimum absolute atomic E-state index is 0.204. The van der Waals surface area contributed by atoms with Gasteiger partial charge in [-0.2, -0.15) is 0 Å². The molecule has 0 spiro atoms. The number of carboxylic acid groups (broad SMARTS) is 1. The lowest BCUT2D eigenvalue weighted by Gasteiger charge is -2.25. The highest BCUT2D eigenvalue weighted by Crippen LogP contribution is 2.57. The molecule has 0 radical (unpaired) electrons. The average molecular weight is 303 g/mol. The van der Waals surface area contributed by atoms with E-state index in [1.807, 2.05) is 0 Å². The lowest BCUT2D eigenvalue weighted by Crippen LogP contribution is -2.37. The van der Waals surface area contributed by atoms with Crippen molar-refractivity contribution in [3.63, 3.8) is 0 Å². The molecular weight excluding hydrogens is 286 g/mol. The summed E-state index contributed by atoms with van der Waals surface area (Å²) < 4.78 is 5.29. The van der Waals surface area contributed by atoms with E-state index in [1.54, 1.807) is 12.1 Å². The third-order valence-electron chi connectivity index (χ3n) is 5.51. The molecule has 1 saturated heterocycles. The van der Waals surface area contributed by atoms with Gasteiger partial charge in [0.2, 0.25) is 11.8 Å². The number of hydrogen-bond donors (Lipinski definition) is 1. The molecule has 0 aromatic carbocycles. The zero-order valence-corrected chi connectivity index (χ0v) is 12.0. The van der Waals surface area contributed by atoms with Crippen LogP contribution in [0.15, 0.2) is 22.8 Å². The van der Waals surface area contributed by atoms with Gasteiger partial charge in [0.15, 0.2) is 0 Å². The number of aliphatic carboxylic acids is 1. The number of amides is 2. The summed E-state index contributed by atoms with van der Waals surface area (Å²) >= 11 is 0. The number of imide groups is 1. The van der Waals surface area contributed by atoms with Gasteiger partial charge in [-0.25, -0.2) is 0 Å². The highest BCUT2D eigenvalue weighted by atomic mass is 16.4. The normalized spacial score (nSPS) is 34.3. The Balaban J connectivity index is 1.70. The molecule has 2 aliphatic carbocycles. The Labute approximate surface area is 127 Å².